The summed E-state index contributed by atoms with van der Waals surface area (Å²) in [6.45, 7) is 0.734. The lowest BCUT2D eigenvalue weighted by atomic mass is 9.86. The number of ether oxygens (including phenoxy) is 1. The third kappa shape index (κ3) is 5.94. The molecule has 2 amide bonds. The molecule has 0 radical (unpaired) electrons. The van der Waals surface area contributed by atoms with E-state index in [1.54, 1.807) is 12.0 Å². The van der Waals surface area contributed by atoms with Gasteiger partial charge in [-0.3, -0.25) is 9.59 Å². The van der Waals surface area contributed by atoms with Crippen molar-refractivity contribution >= 4 is 50.7 Å². The van der Waals surface area contributed by atoms with Crippen molar-refractivity contribution in [3.63, 3.8) is 0 Å². The van der Waals surface area contributed by atoms with E-state index < -0.39 is 15.6 Å². The lowest BCUT2D eigenvalue weighted by Crippen LogP contribution is -2.57. The van der Waals surface area contributed by atoms with Crippen molar-refractivity contribution in [2.45, 2.75) is 29.7 Å². The number of methoxy groups -OCH3 is 1. The fourth-order valence-corrected chi connectivity index (χ4v) is 7.89. The highest BCUT2D eigenvalue weighted by atomic mass is 35.5. The molecule has 2 heterocycles. The van der Waals surface area contributed by atoms with Crippen LogP contribution in [0.2, 0.25) is 10.0 Å². The molecular weight excluding hydrogens is 599 g/mol. The van der Waals surface area contributed by atoms with Crippen LogP contribution in [0.25, 0.3) is 0 Å². The number of carbonyl (C=O) groups is 2. The van der Waals surface area contributed by atoms with Crippen molar-refractivity contribution in [1.29, 1.82) is 0 Å². The molecular formula is C30H32Cl2N4O5S. The van der Waals surface area contributed by atoms with E-state index in [0.717, 1.165) is 17.0 Å². The highest BCUT2D eigenvalue weighted by molar-refractivity contribution is 7.89. The first-order chi connectivity index (χ1) is 20.2. The Bertz CT molecular complexity index is 1560. The maximum absolute atomic E-state index is 14.0. The Labute approximate surface area is 256 Å². The van der Waals surface area contributed by atoms with Crippen LogP contribution >= 0.6 is 23.2 Å². The van der Waals surface area contributed by atoms with E-state index in [9.17, 15) is 18.0 Å². The van der Waals surface area contributed by atoms with Crippen LogP contribution in [0, 0.1) is 0 Å². The van der Waals surface area contributed by atoms with Gasteiger partial charge < -0.3 is 19.9 Å². The van der Waals surface area contributed by atoms with Gasteiger partial charge in [-0.05, 0) is 61.2 Å². The summed E-state index contributed by atoms with van der Waals surface area (Å²) in [5, 5.41) is 3.27. The predicted octanol–water partition coefficient (Wildman–Crippen LogP) is 4.19. The van der Waals surface area contributed by atoms with Crippen LogP contribution < -0.4 is 15.0 Å². The molecule has 1 spiro atoms. The van der Waals surface area contributed by atoms with Crippen LogP contribution in [-0.4, -0.2) is 74.9 Å². The van der Waals surface area contributed by atoms with Gasteiger partial charge in [-0.1, -0.05) is 59.6 Å². The van der Waals surface area contributed by atoms with Crippen molar-refractivity contribution in [3.8, 4) is 5.75 Å². The van der Waals surface area contributed by atoms with Gasteiger partial charge >= 0.3 is 0 Å². The van der Waals surface area contributed by atoms with Crippen molar-refractivity contribution in [2.24, 2.45) is 0 Å². The summed E-state index contributed by atoms with van der Waals surface area (Å²) < 4.78 is 33.7. The number of para-hydroxylation sites is 2. The maximum atomic E-state index is 14.0. The minimum Gasteiger partial charge on any atom is -0.496 e. The molecule has 2 aliphatic rings. The number of rotatable bonds is 9. The third-order valence-electron chi connectivity index (χ3n) is 7.89. The van der Waals surface area contributed by atoms with E-state index in [2.05, 4.69) is 5.32 Å². The molecule has 0 aromatic heterocycles. The minimum atomic E-state index is -3.93. The van der Waals surface area contributed by atoms with E-state index in [0.29, 0.717) is 13.0 Å². The Morgan fingerprint density at radius 1 is 1.00 bits per heavy atom. The quantitative estimate of drug-likeness (QED) is 0.381. The van der Waals surface area contributed by atoms with Gasteiger partial charge in [0.05, 0.1) is 18.8 Å². The molecule has 42 heavy (non-hydrogen) atoms. The fraction of sp³-hybridized carbons (Fsp3) is 0.333. The van der Waals surface area contributed by atoms with Gasteiger partial charge in [0.25, 0.3) is 0 Å². The van der Waals surface area contributed by atoms with Gasteiger partial charge in [0.2, 0.25) is 21.8 Å². The number of hydrogen-bond donors (Lipinski definition) is 1. The fourth-order valence-electron chi connectivity index (χ4n) is 5.71. The van der Waals surface area contributed by atoms with Crippen LogP contribution in [0.3, 0.4) is 0 Å². The molecule has 0 atom stereocenters. The van der Waals surface area contributed by atoms with Crippen LogP contribution in [0.5, 0.6) is 5.75 Å². The summed E-state index contributed by atoms with van der Waals surface area (Å²) in [7, 11) is -2.32. The van der Waals surface area contributed by atoms with Gasteiger partial charge in [0.1, 0.15) is 22.7 Å². The number of halogens is 2. The van der Waals surface area contributed by atoms with Gasteiger partial charge in [-0.15, -0.1) is 0 Å². The number of sulfonamides is 1. The number of nitrogens with one attached hydrogen (secondary N) is 1. The minimum absolute atomic E-state index is 0.0586. The summed E-state index contributed by atoms with van der Waals surface area (Å²) in [5.74, 6) is 0.302. The summed E-state index contributed by atoms with van der Waals surface area (Å²) >= 11 is 12.3. The molecule has 9 nitrogen and oxygen atoms in total. The molecule has 2 saturated heterocycles. The van der Waals surface area contributed by atoms with Gasteiger partial charge in [0.15, 0.2) is 0 Å². The molecule has 5 rings (SSSR count). The Hall–Kier alpha value is -3.31. The number of piperidine rings is 1. The molecule has 0 bridgehead atoms. The first-order valence-corrected chi connectivity index (χ1v) is 15.8. The highest BCUT2D eigenvalue weighted by Crippen LogP contribution is 2.41. The van der Waals surface area contributed by atoms with Crippen molar-refractivity contribution < 1.29 is 22.7 Å². The number of carbonyl (C=O) groups excluding carboxylic acids is 2. The van der Waals surface area contributed by atoms with Gasteiger partial charge in [-0.2, -0.15) is 4.31 Å². The van der Waals surface area contributed by atoms with Crippen molar-refractivity contribution in [2.75, 3.05) is 44.9 Å². The predicted molar refractivity (Wildman–Crippen MR) is 162 cm³/mol. The molecule has 1 N–H and O–H groups in total. The van der Waals surface area contributed by atoms with Gasteiger partial charge in [0, 0.05) is 30.3 Å². The number of anilines is 1. The first-order valence-electron chi connectivity index (χ1n) is 13.6. The zero-order valence-electron chi connectivity index (χ0n) is 23.1. The van der Waals surface area contributed by atoms with Crippen LogP contribution in [-0.2, 0) is 26.0 Å². The van der Waals surface area contributed by atoms with Crippen LogP contribution in [0.15, 0.2) is 77.7 Å². The Balaban J connectivity index is 1.30. The normalized spacial score (nSPS) is 17.1. The average molecular weight is 632 g/mol. The lowest BCUT2D eigenvalue weighted by molar-refractivity contribution is -0.137. The van der Waals surface area contributed by atoms with E-state index in [4.69, 9.17) is 27.9 Å². The van der Waals surface area contributed by atoms with Crippen molar-refractivity contribution in [1.82, 2.24) is 14.5 Å². The number of amides is 2. The first kappa shape index (κ1) is 30.2. The lowest BCUT2D eigenvalue weighted by Gasteiger charge is -2.42. The van der Waals surface area contributed by atoms with Crippen LogP contribution in [0.1, 0.15) is 18.4 Å². The smallest absolute Gasteiger partial charge is 0.250 e. The maximum Gasteiger partial charge on any atom is 0.250 e. The van der Waals surface area contributed by atoms with Crippen molar-refractivity contribution in [3.05, 3.63) is 88.4 Å². The van der Waals surface area contributed by atoms with Gasteiger partial charge in [-0.25, -0.2) is 8.42 Å². The SMILES string of the molecule is COc1ccccc1CCNC(=O)CN1CN(c2ccccc2)C2(CCN(S(=O)(=O)c3cc(Cl)ccc3Cl)CC2)C1=O. The van der Waals surface area contributed by atoms with E-state index in [-0.39, 0.29) is 65.9 Å². The average Bonchev–Trinajstić information content (AvgIpc) is 3.25. The Kier molecular flexibility index (Phi) is 8.98. The second kappa shape index (κ2) is 12.5. The Morgan fingerprint density at radius 2 is 1.69 bits per heavy atom. The summed E-state index contributed by atoms with van der Waals surface area (Å²) in [5.41, 5.74) is 0.829. The standard InChI is InChI=1S/C30H32Cl2N4O5S/c1-41-26-10-6-5-7-22(26)13-16-33-28(37)20-34-21-36(24-8-3-2-4-9-24)30(29(34)38)14-17-35(18-15-30)42(39,40)27-19-23(31)11-12-25(27)32/h2-12,19H,13-18,20-21H2,1H3,(H,33,37). The second-order valence-electron chi connectivity index (χ2n) is 10.3. The van der Waals surface area contributed by atoms with E-state index in [1.165, 1.54) is 22.5 Å². The number of hydrogen-bond acceptors (Lipinski definition) is 6. The zero-order chi connectivity index (χ0) is 29.9. The molecule has 0 saturated carbocycles. The molecule has 0 unspecified atom stereocenters. The molecule has 2 aliphatic heterocycles. The number of benzene rings is 3. The molecule has 2 fully saturated rings. The highest BCUT2D eigenvalue weighted by Gasteiger charge is 2.55. The molecule has 12 heteroatoms. The molecule has 222 valence electrons. The molecule has 3 aromatic rings. The molecule has 3 aromatic carbocycles. The topological polar surface area (TPSA) is 99.3 Å². The van der Waals surface area contributed by atoms with E-state index >= 15 is 0 Å². The second-order valence-corrected chi connectivity index (χ2v) is 13.1. The Morgan fingerprint density at radius 3 is 2.40 bits per heavy atom. The van der Waals surface area contributed by atoms with E-state index in [1.807, 2.05) is 59.5 Å². The monoisotopic (exact) mass is 630 g/mol. The summed E-state index contributed by atoms with van der Waals surface area (Å²) in [6, 6.07) is 21.5. The largest absolute Gasteiger partial charge is 0.496 e. The third-order valence-corrected chi connectivity index (χ3v) is 10.5. The number of nitrogens with zero attached hydrogens (tertiary/aromatic N) is 3. The zero-order valence-corrected chi connectivity index (χ0v) is 25.5. The summed E-state index contributed by atoms with van der Waals surface area (Å²) in [4.78, 5) is 30.4. The molecule has 0 aliphatic carbocycles. The summed E-state index contributed by atoms with van der Waals surface area (Å²) in [6.07, 6.45) is 1.10. The van der Waals surface area contributed by atoms with Crippen LogP contribution in [0.4, 0.5) is 5.69 Å².